The summed E-state index contributed by atoms with van der Waals surface area (Å²) in [6.45, 7) is 5.03. The van der Waals surface area contributed by atoms with Crippen LogP contribution in [-0.2, 0) is 5.41 Å². The maximum absolute atomic E-state index is 5.10. The van der Waals surface area contributed by atoms with E-state index in [2.05, 4.69) is 158 Å². The van der Waals surface area contributed by atoms with Crippen molar-refractivity contribution in [1.82, 2.24) is 4.98 Å². The van der Waals surface area contributed by atoms with Gasteiger partial charge in [-0.2, -0.15) is 0 Å². The van der Waals surface area contributed by atoms with E-state index < -0.39 is 0 Å². The van der Waals surface area contributed by atoms with Gasteiger partial charge in [0.1, 0.15) is 5.82 Å². The number of pyridine rings is 1. The minimum Gasteiger partial charge on any atom is -0.319 e. The van der Waals surface area contributed by atoms with Crippen LogP contribution in [0.25, 0.3) is 65.3 Å². The van der Waals surface area contributed by atoms with E-state index in [4.69, 9.17) is 4.98 Å². The number of anilines is 2. The molecule has 0 N–H and O–H groups in total. The quantitative estimate of drug-likeness (QED) is 0.181. The molecule has 1 fully saturated rings. The van der Waals surface area contributed by atoms with Crippen molar-refractivity contribution in [2.75, 3.05) is 4.90 Å². The lowest BCUT2D eigenvalue weighted by atomic mass is 9.61. The average molecular weight is 631 g/mol. The van der Waals surface area contributed by atoms with Crippen LogP contribution in [-0.4, -0.2) is 10.5 Å². The lowest BCUT2D eigenvalue weighted by Gasteiger charge is -2.50. The van der Waals surface area contributed by atoms with E-state index in [1.807, 2.05) is 6.20 Å². The Bertz CT molecular complexity index is 2550. The lowest BCUT2D eigenvalue weighted by Crippen LogP contribution is -2.54. The zero-order chi connectivity index (χ0) is 32.7. The molecule has 1 aliphatic carbocycles. The van der Waals surface area contributed by atoms with Crippen LogP contribution < -0.4 is 4.90 Å². The second kappa shape index (κ2) is 10.5. The highest BCUT2D eigenvalue weighted by molar-refractivity contribution is 6.23. The Morgan fingerprint density at radius 2 is 1.10 bits per heavy atom. The minimum atomic E-state index is -0.0777. The number of nitrogens with zero attached hydrogens (tertiary/aromatic N) is 2. The number of aromatic nitrogens is 1. The summed E-state index contributed by atoms with van der Waals surface area (Å²) in [5.74, 6) is 1.08. The van der Waals surface area contributed by atoms with Crippen LogP contribution in [0.1, 0.15) is 45.1 Å². The molecule has 2 unspecified atom stereocenters. The fraction of sp³-hybridized carbons (Fsp3) is 0.170. The number of benzene rings is 7. The second-order valence-corrected chi connectivity index (χ2v) is 14.6. The Hall–Kier alpha value is -5.47. The molecule has 7 aromatic carbocycles. The predicted molar refractivity (Wildman–Crippen MR) is 208 cm³/mol. The Morgan fingerprint density at radius 3 is 1.82 bits per heavy atom. The molecule has 2 aliphatic rings. The predicted octanol–water partition coefficient (Wildman–Crippen LogP) is 12.8. The highest BCUT2D eigenvalue weighted by atomic mass is 15.3. The van der Waals surface area contributed by atoms with E-state index in [-0.39, 0.29) is 11.0 Å². The molecule has 2 atom stereocenters. The van der Waals surface area contributed by atoms with Gasteiger partial charge in [-0.15, -0.1) is 0 Å². The highest BCUT2D eigenvalue weighted by Gasteiger charge is 2.58. The third kappa shape index (κ3) is 3.92. The van der Waals surface area contributed by atoms with Crippen molar-refractivity contribution in [2.45, 2.75) is 50.5 Å². The first-order valence-electron chi connectivity index (χ1n) is 17.8. The fourth-order valence-electron chi connectivity index (χ4n) is 9.67. The van der Waals surface area contributed by atoms with Crippen LogP contribution >= 0.6 is 0 Å². The van der Waals surface area contributed by atoms with Gasteiger partial charge in [-0.3, -0.25) is 0 Å². The molecule has 1 aromatic heterocycles. The summed E-state index contributed by atoms with van der Waals surface area (Å²) in [7, 11) is 0. The third-order valence-electron chi connectivity index (χ3n) is 12.2. The topological polar surface area (TPSA) is 16.1 Å². The molecule has 0 bridgehead atoms. The van der Waals surface area contributed by atoms with Gasteiger partial charge in [-0.1, -0.05) is 141 Å². The van der Waals surface area contributed by atoms with Gasteiger partial charge in [-0.05, 0) is 103 Å². The maximum Gasteiger partial charge on any atom is 0.141 e. The maximum atomic E-state index is 5.10. The molecule has 0 amide bonds. The van der Waals surface area contributed by atoms with E-state index in [1.54, 1.807) is 0 Å². The number of hydrogen-bond acceptors (Lipinski definition) is 2. The molecule has 236 valence electrons. The lowest BCUT2D eigenvalue weighted by molar-refractivity contribution is 0.194. The van der Waals surface area contributed by atoms with Gasteiger partial charge >= 0.3 is 0 Å². The smallest absolute Gasteiger partial charge is 0.141 e. The molecule has 0 spiro atoms. The van der Waals surface area contributed by atoms with Crippen LogP contribution in [0.15, 0.2) is 146 Å². The van der Waals surface area contributed by atoms with Gasteiger partial charge in [0.25, 0.3) is 0 Å². The van der Waals surface area contributed by atoms with Crippen molar-refractivity contribution < 1.29 is 0 Å². The van der Waals surface area contributed by atoms with Crippen LogP contribution in [0.3, 0.4) is 0 Å². The normalized spacial score (nSPS) is 20.2. The van der Waals surface area contributed by atoms with E-state index in [9.17, 15) is 0 Å². The molecule has 1 aliphatic heterocycles. The van der Waals surface area contributed by atoms with Gasteiger partial charge in [0.15, 0.2) is 0 Å². The summed E-state index contributed by atoms with van der Waals surface area (Å²) in [4.78, 5) is 7.72. The van der Waals surface area contributed by atoms with Gasteiger partial charge in [0.2, 0.25) is 0 Å². The first-order valence-corrected chi connectivity index (χ1v) is 17.8. The van der Waals surface area contributed by atoms with Crippen molar-refractivity contribution >= 4 is 54.6 Å². The molecular weight excluding hydrogens is 593 g/mol. The number of fused-ring (bicyclic) bond motifs is 7. The summed E-state index contributed by atoms with van der Waals surface area (Å²) >= 11 is 0. The monoisotopic (exact) mass is 630 g/mol. The summed E-state index contributed by atoms with van der Waals surface area (Å²) < 4.78 is 0. The molecular formula is C47H38N2. The van der Waals surface area contributed by atoms with Crippen molar-refractivity contribution in [3.63, 3.8) is 0 Å². The molecule has 0 radical (unpaired) electrons. The Labute approximate surface area is 287 Å². The molecule has 1 saturated carbocycles. The number of rotatable bonds is 3. The molecule has 2 heterocycles. The third-order valence-corrected chi connectivity index (χ3v) is 12.2. The van der Waals surface area contributed by atoms with Crippen LogP contribution in [0.2, 0.25) is 0 Å². The fourth-order valence-corrected chi connectivity index (χ4v) is 9.67. The number of hydrogen-bond donors (Lipinski definition) is 0. The molecule has 8 aromatic rings. The first-order chi connectivity index (χ1) is 24.1. The van der Waals surface area contributed by atoms with Gasteiger partial charge in [0, 0.05) is 22.7 Å². The minimum absolute atomic E-state index is 0.0102. The zero-order valence-electron chi connectivity index (χ0n) is 28.1. The van der Waals surface area contributed by atoms with E-state index >= 15 is 0 Å². The van der Waals surface area contributed by atoms with Gasteiger partial charge in [-0.25, -0.2) is 4.98 Å². The molecule has 49 heavy (non-hydrogen) atoms. The van der Waals surface area contributed by atoms with Crippen molar-refractivity contribution in [1.29, 1.82) is 0 Å². The summed E-state index contributed by atoms with van der Waals surface area (Å²) in [6, 6.07) is 51.8. The summed E-state index contributed by atoms with van der Waals surface area (Å²) in [6.07, 6.45) is 6.79. The average Bonchev–Trinajstić information content (AvgIpc) is 3.36. The molecule has 2 nitrogen and oxygen atoms in total. The van der Waals surface area contributed by atoms with Crippen molar-refractivity contribution in [3.8, 4) is 22.3 Å². The Balaban J connectivity index is 1.25. The van der Waals surface area contributed by atoms with Gasteiger partial charge in [0.05, 0.1) is 5.54 Å². The van der Waals surface area contributed by atoms with E-state index in [1.165, 1.54) is 95.9 Å². The second-order valence-electron chi connectivity index (χ2n) is 14.6. The van der Waals surface area contributed by atoms with Gasteiger partial charge < -0.3 is 4.90 Å². The Kier molecular flexibility index (Phi) is 6.12. The molecule has 2 heteroatoms. The SMILES string of the molecule is CC12CCCCC1(C)N(c1nccc3ccccc13)c1ccc(-c3c4ccccc4c(-c4cccc5ccccc45)c4ccccc34)cc12. The van der Waals surface area contributed by atoms with Crippen LogP contribution in [0.4, 0.5) is 11.5 Å². The van der Waals surface area contributed by atoms with E-state index in [0.717, 1.165) is 12.2 Å². The summed E-state index contributed by atoms with van der Waals surface area (Å²) in [5.41, 5.74) is 7.88. The van der Waals surface area contributed by atoms with E-state index in [0.29, 0.717) is 0 Å². The first kappa shape index (κ1) is 28.5. The molecule has 10 rings (SSSR count). The van der Waals surface area contributed by atoms with Crippen LogP contribution in [0.5, 0.6) is 0 Å². The van der Waals surface area contributed by atoms with Crippen LogP contribution in [0, 0.1) is 0 Å². The standard InChI is InChI=1S/C47H38N2/c1-46-27-11-12-28-47(46,2)49(45-35-18-6-4-15-32(35)26-29-48-45)42-25-24-33(30-41(42)46)43-37-19-7-9-21-39(37)44(40-22-10-8-20-38(40)43)36-23-13-16-31-14-3-5-17-34(31)36/h3-10,13-26,29-30H,11-12,27-28H2,1-2H3. The van der Waals surface area contributed by atoms with Crippen molar-refractivity contribution in [2.24, 2.45) is 0 Å². The largest absolute Gasteiger partial charge is 0.319 e. The van der Waals surface area contributed by atoms with Crippen molar-refractivity contribution in [3.05, 3.63) is 151 Å². The summed E-state index contributed by atoms with van der Waals surface area (Å²) in [5, 5.41) is 10.2. The Morgan fingerprint density at radius 1 is 0.531 bits per heavy atom. The molecule has 0 saturated heterocycles. The highest BCUT2D eigenvalue weighted by Crippen LogP contribution is 2.62. The zero-order valence-corrected chi connectivity index (χ0v) is 28.1.